The topological polar surface area (TPSA) is 153 Å². The van der Waals surface area contributed by atoms with Gasteiger partial charge in [0.1, 0.15) is 10.5 Å². The van der Waals surface area contributed by atoms with E-state index in [-0.39, 0.29) is 31.7 Å². The monoisotopic (exact) mass is 564 g/mol. The molecule has 0 amide bonds. The minimum atomic E-state index is -1.07. The summed E-state index contributed by atoms with van der Waals surface area (Å²) in [4.78, 5) is 63.4. The SMILES string of the molecule is COC(=O)C1=C(N)n2c(s/c(=C\c3ccc(C(=O)OC)cc3)c2=O)=C(C(=O)OC)[C@H]1c1ccc(C(=O)OC)cc1. The molecule has 40 heavy (non-hydrogen) atoms. The zero-order valence-corrected chi connectivity index (χ0v) is 22.7. The number of hydrogen-bond donors (Lipinski definition) is 1. The Balaban J connectivity index is 2.01. The van der Waals surface area contributed by atoms with Crippen molar-refractivity contribution in [2.24, 2.45) is 5.73 Å². The maximum absolute atomic E-state index is 13.5. The van der Waals surface area contributed by atoms with Gasteiger partial charge in [0.15, 0.2) is 0 Å². The van der Waals surface area contributed by atoms with Crippen molar-refractivity contribution in [1.82, 2.24) is 4.57 Å². The highest BCUT2D eigenvalue weighted by atomic mass is 32.1. The predicted molar refractivity (Wildman–Crippen MR) is 145 cm³/mol. The number of rotatable bonds is 6. The second-order valence-corrected chi connectivity index (χ2v) is 9.44. The first kappa shape index (κ1) is 28.0. The third kappa shape index (κ3) is 4.92. The van der Waals surface area contributed by atoms with Gasteiger partial charge >= 0.3 is 23.9 Å². The van der Waals surface area contributed by atoms with Gasteiger partial charge in [-0.05, 0) is 41.5 Å². The van der Waals surface area contributed by atoms with E-state index in [9.17, 15) is 24.0 Å². The maximum Gasteiger partial charge on any atom is 0.338 e. The largest absolute Gasteiger partial charge is 0.466 e. The van der Waals surface area contributed by atoms with Crippen LogP contribution in [0.15, 0.2) is 58.9 Å². The number of benzene rings is 2. The van der Waals surface area contributed by atoms with E-state index < -0.39 is 35.4 Å². The van der Waals surface area contributed by atoms with Gasteiger partial charge in [0.25, 0.3) is 5.56 Å². The van der Waals surface area contributed by atoms with Gasteiger partial charge in [-0.2, -0.15) is 0 Å². The fraction of sp³-hybridized carbons (Fsp3) is 0.179. The maximum atomic E-state index is 13.5. The summed E-state index contributed by atoms with van der Waals surface area (Å²) in [5.41, 5.74) is 7.29. The molecule has 12 heteroatoms. The van der Waals surface area contributed by atoms with Crippen molar-refractivity contribution in [3.8, 4) is 0 Å². The molecule has 1 atom stereocenters. The van der Waals surface area contributed by atoms with Gasteiger partial charge in [0, 0.05) is 0 Å². The van der Waals surface area contributed by atoms with E-state index in [1.807, 2.05) is 0 Å². The van der Waals surface area contributed by atoms with Gasteiger partial charge < -0.3 is 24.7 Å². The highest BCUT2D eigenvalue weighted by Crippen LogP contribution is 2.37. The molecule has 11 nitrogen and oxygen atoms in total. The third-order valence-corrected chi connectivity index (χ3v) is 7.36. The molecule has 0 unspecified atom stereocenters. The predicted octanol–water partition coefficient (Wildman–Crippen LogP) is 0.733. The summed E-state index contributed by atoms with van der Waals surface area (Å²) in [6.07, 6.45) is 1.57. The summed E-state index contributed by atoms with van der Waals surface area (Å²) in [6, 6.07) is 12.4. The Kier molecular flexibility index (Phi) is 8.00. The first-order valence-corrected chi connectivity index (χ1v) is 12.5. The Labute approximate surface area is 231 Å². The third-order valence-electron chi connectivity index (χ3n) is 6.25. The average Bonchev–Trinajstić information content (AvgIpc) is 3.31. The van der Waals surface area contributed by atoms with Crippen LogP contribution in [0.2, 0.25) is 0 Å². The van der Waals surface area contributed by atoms with Crippen LogP contribution in [0.4, 0.5) is 0 Å². The Hall–Kier alpha value is -4.97. The normalized spacial score (nSPS) is 14.8. The number of nitrogens with zero attached hydrogens (tertiary/aromatic N) is 1. The first-order valence-electron chi connectivity index (χ1n) is 11.7. The van der Waals surface area contributed by atoms with E-state index in [0.717, 1.165) is 23.0 Å². The van der Waals surface area contributed by atoms with Crippen LogP contribution in [0.25, 0.3) is 17.5 Å². The number of esters is 4. The Morgan fingerprint density at radius 3 is 1.73 bits per heavy atom. The number of methoxy groups -OCH3 is 4. The molecule has 0 spiro atoms. The average molecular weight is 565 g/mol. The summed E-state index contributed by atoms with van der Waals surface area (Å²) in [6.45, 7) is 0. The summed E-state index contributed by atoms with van der Waals surface area (Å²) in [7, 11) is 4.85. The lowest BCUT2D eigenvalue weighted by atomic mass is 9.83. The van der Waals surface area contributed by atoms with E-state index in [1.165, 1.54) is 33.5 Å². The van der Waals surface area contributed by atoms with Crippen LogP contribution in [-0.4, -0.2) is 56.9 Å². The highest BCUT2D eigenvalue weighted by molar-refractivity contribution is 7.07. The molecule has 1 aliphatic heterocycles. The second-order valence-electron chi connectivity index (χ2n) is 8.41. The summed E-state index contributed by atoms with van der Waals surface area (Å²) >= 11 is 0.984. The molecule has 1 aromatic heterocycles. The highest BCUT2D eigenvalue weighted by Gasteiger charge is 2.39. The Morgan fingerprint density at radius 2 is 1.23 bits per heavy atom. The van der Waals surface area contributed by atoms with E-state index in [4.69, 9.17) is 24.7 Å². The molecule has 1 aliphatic rings. The molecule has 0 bridgehead atoms. The summed E-state index contributed by atoms with van der Waals surface area (Å²) < 4.78 is 20.9. The van der Waals surface area contributed by atoms with Gasteiger partial charge in [-0.1, -0.05) is 24.3 Å². The molecular weight excluding hydrogens is 540 g/mol. The Bertz CT molecular complexity index is 1730. The molecule has 0 aliphatic carbocycles. The lowest BCUT2D eigenvalue weighted by molar-refractivity contribution is -0.136. The van der Waals surface area contributed by atoms with Crippen LogP contribution in [0.1, 0.15) is 37.8 Å². The molecule has 206 valence electrons. The number of carbonyl (C=O) groups is 4. The number of aromatic nitrogens is 1. The van der Waals surface area contributed by atoms with Crippen molar-refractivity contribution in [2.75, 3.05) is 28.4 Å². The smallest absolute Gasteiger partial charge is 0.338 e. The molecule has 2 N–H and O–H groups in total. The zero-order chi connectivity index (χ0) is 29.1. The molecule has 4 rings (SSSR count). The Morgan fingerprint density at radius 1 is 0.750 bits per heavy atom. The van der Waals surface area contributed by atoms with Crippen LogP contribution in [0.5, 0.6) is 0 Å². The van der Waals surface area contributed by atoms with E-state index in [2.05, 4.69) is 0 Å². The van der Waals surface area contributed by atoms with Crippen LogP contribution >= 0.6 is 11.3 Å². The molecule has 0 saturated heterocycles. The quantitative estimate of drug-likeness (QED) is 0.335. The molecule has 0 radical (unpaired) electrons. The van der Waals surface area contributed by atoms with Crippen molar-refractivity contribution in [1.29, 1.82) is 0 Å². The summed E-state index contributed by atoms with van der Waals surface area (Å²) in [5, 5.41) is 0. The van der Waals surface area contributed by atoms with Gasteiger partial charge in [0.05, 0.1) is 61.2 Å². The lowest BCUT2D eigenvalue weighted by Gasteiger charge is -2.26. The molecular formula is C28H24N2O9S. The van der Waals surface area contributed by atoms with Crippen LogP contribution in [0, 0.1) is 0 Å². The van der Waals surface area contributed by atoms with E-state index in [0.29, 0.717) is 16.7 Å². The minimum absolute atomic E-state index is 0.00860. The molecule has 2 aromatic carbocycles. The number of carbonyl (C=O) groups excluding carboxylic acids is 4. The van der Waals surface area contributed by atoms with Crippen LogP contribution in [-0.2, 0) is 28.5 Å². The number of nitrogens with two attached hydrogens (primary N) is 1. The number of thiazole rings is 1. The fourth-order valence-corrected chi connectivity index (χ4v) is 5.48. The van der Waals surface area contributed by atoms with Gasteiger partial charge in [-0.15, -0.1) is 11.3 Å². The lowest BCUT2D eigenvalue weighted by Crippen LogP contribution is -2.41. The molecule has 3 aromatic rings. The second kappa shape index (κ2) is 11.4. The van der Waals surface area contributed by atoms with Crippen molar-refractivity contribution >= 4 is 52.7 Å². The van der Waals surface area contributed by atoms with Gasteiger partial charge in [0.2, 0.25) is 0 Å². The molecule has 2 heterocycles. The van der Waals surface area contributed by atoms with Crippen molar-refractivity contribution in [3.63, 3.8) is 0 Å². The standard InChI is InChI=1S/C28H24N2O9S/c1-36-25(32)16-7-5-14(6-8-16)13-18-23(31)30-22(29)20(27(34)38-3)19(21(24(30)40-18)28(35)39-4)15-9-11-17(12-10-15)26(33)37-2/h5-13,19H,29H2,1-4H3/b18-13-/t19-/m0/s1. The molecule has 0 fully saturated rings. The zero-order valence-electron chi connectivity index (χ0n) is 21.9. The number of hydrogen-bond acceptors (Lipinski definition) is 11. The summed E-state index contributed by atoms with van der Waals surface area (Å²) in [5.74, 6) is -4.00. The number of ether oxygens (including phenoxy) is 4. The van der Waals surface area contributed by atoms with Crippen LogP contribution in [0.3, 0.4) is 0 Å². The van der Waals surface area contributed by atoms with E-state index in [1.54, 1.807) is 42.5 Å². The minimum Gasteiger partial charge on any atom is -0.466 e. The fourth-order valence-electron chi connectivity index (χ4n) is 4.31. The van der Waals surface area contributed by atoms with Crippen molar-refractivity contribution in [2.45, 2.75) is 5.92 Å². The molecule has 0 saturated carbocycles. The van der Waals surface area contributed by atoms with Crippen molar-refractivity contribution < 1.29 is 38.1 Å². The number of fused-ring (bicyclic) bond motifs is 1. The van der Waals surface area contributed by atoms with Gasteiger partial charge in [-0.3, -0.25) is 9.36 Å². The first-order chi connectivity index (χ1) is 19.2. The van der Waals surface area contributed by atoms with Crippen LogP contribution < -0.4 is 20.5 Å². The van der Waals surface area contributed by atoms with Crippen molar-refractivity contribution in [3.05, 3.63) is 95.9 Å². The van der Waals surface area contributed by atoms with Gasteiger partial charge in [-0.25, -0.2) is 19.2 Å². The van der Waals surface area contributed by atoms with E-state index >= 15 is 0 Å².